The molecule has 2 saturated carbocycles. The Balaban J connectivity index is 1.51. The van der Waals surface area contributed by atoms with Crippen molar-refractivity contribution in [3.05, 3.63) is 36.7 Å². The molecule has 2 fully saturated rings. The number of nitrogens with two attached hydrogens (primary N) is 1. The van der Waals surface area contributed by atoms with Crippen molar-refractivity contribution in [1.82, 2.24) is 14.8 Å². The van der Waals surface area contributed by atoms with Gasteiger partial charge in [-0.15, -0.1) is 0 Å². The fourth-order valence-corrected chi connectivity index (χ4v) is 4.05. The summed E-state index contributed by atoms with van der Waals surface area (Å²) in [6, 6.07) is 4.46. The lowest BCUT2D eigenvalue weighted by Gasteiger charge is -2.27. The van der Waals surface area contributed by atoms with Crippen LogP contribution in [0.5, 0.6) is 0 Å². The normalized spacial score (nSPS) is 29.0. The van der Waals surface area contributed by atoms with Crippen molar-refractivity contribution >= 4 is 11.6 Å². The van der Waals surface area contributed by atoms with Gasteiger partial charge >= 0.3 is 0 Å². The third-order valence-corrected chi connectivity index (χ3v) is 5.16. The Morgan fingerprint density at radius 3 is 2.83 bits per heavy atom. The van der Waals surface area contributed by atoms with Crippen LogP contribution in [-0.2, 0) is 4.79 Å². The molecule has 6 nitrogen and oxygen atoms in total. The van der Waals surface area contributed by atoms with E-state index < -0.39 is 5.82 Å². The molecule has 2 bridgehead atoms. The summed E-state index contributed by atoms with van der Waals surface area (Å²) in [5.41, 5.74) is 6.91. The number of hydrogen-bond acceptors (Lipinski definition) is 4. The fourth-order valence-electron chi connectivity index (χ4n) is 4.05. The topological polar surface area (TPSA) is 85.8 Å². The van der Waals surface area contributed by atoms with E-state index in [4.69, 9.17) is 5.73 Å². The molecule has 23 heavy (non-hydrogen) atoms. The number of fused-ring (bicyclic) bond motifs is 2. The highest BCUT2D eigenvalue weighted by atomic mass is 19.1. The molecule has 2 aromatic rings. The quantitative estimate of drug-likeness (QED) is 0.903. The van der Waals surface area contributed by atoms with Gasteiger partial charge in [-0.2, -0.15) is 5.10 Å². The number of halogens is 1. The maximum absolute atomic E-state index is 14.2. The van der Waals surface area contributed by atoms with Gasteiger partial charge in [-0.25, -0.2) is 14.1 Å². The van der Waals surface area contributed by atoms with Crippen molar-refractivity contribution < 1.29 is 9.18 Å². The second kappa shape index (κ2) is 5.42. The maximum Gasteiger partial charge on any atom is 0.229 e. The summed E-state index contributed by atoms with van der Waals surface area (Å²) < 4.78 is 15.5. The number of hydrogen-bond donors (Lipinski definition) is 2. The largest absolute Gasteiger partial charge is 0.327 e. The van der Waals surface area contributed by atoms with Gasteiger partial charge in [-0.3, -0.25) is 4.79 Å². The minimum atomic E-state index is -0.467. The third kappa shape index (κ3) is 2.41. The summed E-state index contributed by atoms with van der Waals surface area (Å²) in [6.45, 7) is 0. The molecule has 0 aliphatic heterocycles. The fraction of sp³-hybridized carbons (Fsp3) is 0.438. The SMILES string of the molecule is NC1C2CCC(C2)C1C(=O)Nc1ccc(-n2cncn2)c(F)c1. The van der Waals surface area contributed by atoms with E-state index in [-0.39, 0.29) is 23.6 Å². The van der Waals surface area contributed by atoms with E-state index in [0.29, 0.717) is 17.5 Å². The van der Waals surface area contributed by atoms with Gasteiger partial charge in [0, 0.05) is 11.7 Å². The van der Waals surface area contributed by atoms with E-state index >= 15 is 0 Å². The summed E-state index contributed by atoms with van der Waals surface area (Å²) in [7, 11) is 0. The van der Waals surface area contributed by atoms with Gasteiger partial charge in [-0.1, -0.05) is 0 Å². The molecule has 4 atom stereocenters. The molecular weight excluding hydrogens is 297 g/mol. The Bertz CT molecular complexity index is 730. The molecule has 4 unspecified atom stereocenters. The molecule has 120 valence electrons. The summed E-state index contributed by atoms with van der Waals surface area (Å²) in [5.74, 6) is 0.103. The summed E-state index contributed by atoms with van der Waals surface area (Å²) in [5, 5.41) is 6.71. The van der Waals surface area contributed by atoms with Crippen LogP contribution in [0.2, 0.25) is 0 Å². The number of carbonyl (C=O) groups is 1. The zero-order valence-corrected chi connectivity index (χ0v) is 12.5. The van der Waals surface area contributed by atoms with Crippen molar-refractivity contribution in [1.29, 1.82) is 0 Å². The van der Waals surface area contributed by atoms with E-state index in [2.05, 4.69) is 15.4 Å². The van der Waals surface area contributed by atoms with E-state index in [1.807, 2.05) is 0 Å². The molecular formula is C16H18FN5O. The number of benzene rings is 1. The minimum absolute atomic E-state index is 0.0759. The number of nitrogens with one attached hydrogen (secondary N) is 1. The van der Waals surface area contributed by atoms with Crippen LogP contribution in [0.15, 0.2) is 30.9 Å². The Kier molecular flexibility index (Phi) is 3.37. The lowest BCUT2D eigenvalue weighted by Crippen LogP contribution is -2.42. The van der Waals surface area contributed by atoms with Gasteiger partial charge in [0.1, 0.15) is 18.3 Å². The first-order valence-corrected chi connectivity index (χ1v) is 7.84. The van der Waals surface area contributed by atoms with Crippen molar-refractivity contribution in [3.8, 4) is 5.69 Å². The molecule has 3 N–H and O–H groups in total. The smallest absolute Gasteiger partial charge is 0.229 e. The molecule has 0 spiro atoms. The number of nitrogens with zero attached hydrogens (tertiary/aromatic N) is 3. The molecule has 7 heteroatoms. The van der Waals surface area contributed by atoms with Crippen LogP contribution in [0.25, 0.3) is 5.69 Å². The van der Waals surface area contributed by atoms with Crippen molar-refractivity contribution in [2.45, 2.75) is 25.3 Å². The first-order chi connectivity index (χ1) is 11.1. The Hall–Kier alpha value is -2.28. The lowest BCUT2D eigenvalue weighted by molar-refractivity contribution is -0.121. The predicted octanol–water partition coefficient (Wildman–Crippen LogP) is 1.72. The van der Waals surface area contributed by atoms with Gasteiger partial charge in [0.25, 0.3) is 0 Å². The lowest BCUT2D eigenvalue weighted by atomic mass is 9.84. The second-order valence-electron chi connectivity index (χ2n) is 6.43. The summed E-state index contributed by atoms with van der Waals surface area (Å²) in [4.78, 5) is 16.3. The van der Waals surface area contributed by atoms with Crippen molar-refractivity contribution in [2.75, 3.05) is 5.32 Å². The van der Waals surface area contributed by atoms with Crippen LogP contribution >= 0.6 is 0 Å². The van der Waals surface area contributed by atoms with Gasteiger partial charge in [-0.05, 0) is 49.3 Å². The molecule has 0 radical (unpaired) electrons. The highest BCUT2D eigenvalue weighted by Crippen LogP contribution is 2.47. The highest BCUT2D eigenvalue weighted by Gasteiger charge is 2.49. The maximum atomic E-state index is 14.2. The number of rotatable bonds is 3. The first kappa shape index (κ1) is 14.3. The van der Waals surface area contributed by atoms with Crippen molar-refractivity contribution in [2.24, 2.45) is 23.5 Å². The van der Waals surface area contributed by atoms with E-state index in [9.17, 15) is 9.18 Å². The molecule has 2 aliphatic carbocycles. The zero-order chi connectivity index (χ0) is 16.0. The number of carbonyl (C=O) groups excluding carboxylic acids is 1. The Morgan fingerprint density at radius 1 is 1.35 bits per heavy atom. The van der Waals surface area contributed by atoms with E-state index in [1.165, 1.54) is 23.4 Å². The molecule has 1 aromatic carbocycles. The van der Waals surface area contributed by atoms with Crippen LogP contribution in [0.1, 0.15) is 19.3 Å². The second-order valence-corrected chi connectivity index (χ2v) is 6.43. The first-order valence-electron chi connectivity index (χ1n) is 7.84. The van der Waals surface area contributed by atoms with Gasteiger partial charge < -0.3 is 11.1 Å². The van der Waals surface area contributed by atoms with Gasteiger partial charge in [0.2, 0.25) is 5.91 Å². The molecule has 1 amide bonds. The predicted molar refractivity (Wildman–Crippen MR) is 82.2 cm³/mol. The van der Waals surface area contributed by atoms with E-state index in [0.717, 1.165) is 19.3 Å². The molecule has 0 saturated heterocycles. The van der Waals surface area contributed by atoms with Crippen LogP contribution in [0.4, 0.5) is 10.1 Å². The van der Waals surface area contributed by atoms with Crippen LogP contribution < -0.4 is 11.1 Å². The van der Waals surface area contributed by atoms with Crippen LogP contribution in [0.3, 0.4) is 0 Å². The Morgan fingerprint density at radius 2 is 2.17 bits per heavy atom. The minimum Gasteiger partial charge on any atom is -0.327 e. The van der Waals surface area contributed by atoms with Crippen LogP contribution in [-0.4, -0.2) is 26.7 Å². The summed E-state index contributed by atoms with van der Waals surface area (Å²) >= 11 is 0. The molecule has 2 aliphatic rings. The standard InChI is InChI=1S/C16H18FN5O/c17-12-6-11(3-4-13(12)22-8-19-7-20-22)21-16(23)14-9-1-2-10(5-9)15(14)18/h3-4,6-10,14-15H,1-2,5,18H2,(H,21,23). The van der Waals surface area contributed by atoms with Crippen molar-refractivity contribution in [3.63, 3.8) is 0 Å². The monoisotopic (exact) mass is 315 g/mol. The van der Waals surface area contributed by atoms with Gasteiger partial charge in [0.05, 0.1) is 5.92 Å². The zero-order valence-electron chi connectivity index (χ0n) is 12.5. The number of anilines is 1. The van der Waals surface area contributed by atoms with Crippen LogP contribution in [0, 0.1) is 23.6 Å². The highest BCUT2D eigenvalue weighted by molar-refractivity contribution is 5.93. The van der Waals surface area contributed by atoms with E-state index in [1.54, 1.807) is 12.1 Å². The number of aromatic nitrogens is 3. The average molecular weight is 315 g/mol. The van der Waals surface area contributed by atoms with Gasteiger partial charge in [0.15, 0.2) is 5.82 Å². The molecule has 1 aromatic heterocycles. The Labute approximate surface area is 132 Å². The molecule has 1 heterocycles. The average Bonchev–Trinajstić information content (AvgIpc) is 3.24. The number of amides is 1. The summed E-state index contributed by atoms with van der Waals surface area (Å²) in [6.07, 6.45) is 5.99. The molecule has 4 rings (SSSR count). The third-order valence-electron chi connectivity index (χ3n) is 5.16.